The van der Waals surface area contributed by atoms with Crippen molar-refractivity contribution < 1.29 is 18.2 Å². The SMILES string of the molecule is C=C[CH2-].[Cl][Pd+].c1ccc([PH+](CCCC[PH+](c2ccccc2)c2ccccc2)c2ccccc2)cc1. The average Bonchev–Trinajstić information content (AvgIpc) is 2.94. The summed E-state index contributed by atoms with van der Waals surface area (Å²) in [6.07, 6.45) is 6.70. The minimum Gasteiger partial charge on any atom is -0.0620 e. The van der Waals surface area contributed by atoms with Gasteiger partial charge in [-0.05, 0) is 61.4 Å². The van der Waals surface area contributed by atoms with Crippen LogP contribution in [0.4, 0.5) is 0 Å². The van der Waals surface area contributed by atoms with Crippen molar-refractivity contribution in [2.24, 2.45) is 0 Å². The van der Waals surface area contributed by atoms with Crippen molar-refractivity contribution in [1.29, 1.82) is 0 Å². The van der Waals surface area contributed by atoms with E-state index < -0.39 is 15.8 Å². The van der Waals surface area contributed by atoms with Crippen LogP contribution in [0.5, 0.6) is 0 Å². The third kappa shape index (κ3) is 10.4. The van der Waals surface area contributed by atoms with E-state index in [1.165, 1.54) is 52.5 Å². The van der Waals surface area contributed by atoms with E-state index in [2.05, 4.69) is 163 Å². The van der Waals surface area contributed by atoms with E-state index in [0.29, 0.717) is 0 Å². The van der Waals surface area contributed by atoms with Gasteiger partial charge in [-0.1, -0.05) is 72.8 Å². The molecule has 0 atom stereocenters. The third-order valence-corrected chi connectivity index (χ3v) is 11.4. The molecule has 0 unspecified atom stereocenters. The first-order valence-corrected chi connectivity index (χ1v) is 17.2. The van der Waals surface area contributed by atoms with Crippen LogP contribution in [0.1, 0.15) is 12.8 Å². The Bertz CT molecular complexity index is 880. The third-order valence-electron chi connectivity index (χ3n) is 5.59. The van der Waals surface area contributed by atoms with Crippen LogP contribution < -0.4 is 21.2 Å². The van der Waals surface area contributed by atoms with Crippen LogP contribution in [0.3, 0.4) is 0 Å². The van der Waals surface area contributed by atoms with Gasteiger partial charge in [-0.2, -0.15) is 0 Å². The zero-order valence-electron chi connectivity index (χ0n) is 20.1. The summed E-state index contributed by atoms with van der Waals surface area (Å²) in [4.78, 5) is 0. The molecule has 0 aliphatic heterocycles. The minimum atomic E-state index is -0.714. The summed E-state index contributed by atoms with van der Waals surface area (Å²) in [7, 11) is 3.06. The maximum Gasteiger partial charge on any atom is 0.0966 e. The van der Waals surface area contributed by atoms with Gasteiger partial charge >= 0.3 is 27.7 Å². The van der Waals surface area contributed by atoms with Gasteiger partial charge in [0.15, 0.2) is 0 Å². The maximum absolute atomic E-state index is 4.49. The predicted molar refractivity (Wildman–Crippen MR) is 161 cm³/mol. The Balaban J connectivity index is 0.000000803. The predicted octanol–water partition coefficient (Wildman–Crippen LogP) is 7.19. The molecule has 4 heteroatoms. The molecule has 0 N–H and O–H groups in total. The fourth-order valence-corrected chi connectivity index (χ4v) is 9.48. The van der Waals surface area contributed by atoms with Gasteiger partial charge in [-0.15, -0.1) is 0 Å². The topological polar surface area (TPSA) is 0 Å². The van der Waals surface area contributed by atoms with E-state index in [1.54, 1.807) is 0 Å². The second kappa shape index (κ2) is 18.6. The molecule has 4 aromatic rings. The van der Waals surface area contributed by atoms with Crippen molar-refractivity contribution in [2.45, 2.75) is 12.8 Å². The van der Waals surface area contributed by atoms with Gasteiger partial charge in [0.2, 0.25) is 0 Å². The molecule has 0 radical (unpaired) electrons. The fourth-order valence-electron chi connectivity index (χ4n) is 4.07. The van der Waals surface area contributed by atoms with Crippen molar-refractivity contribution in [1.82, 2.24) is 0 Å². The van der Waals surface area contributed by atoms with Crippen LogP contribution in [0.15, 0.2) is 134 Å². The second-order valence-electron chi connectivity index (χ2n) is 7.92. The van der Waals surface area contributed by atoms with Crippen LogP contribution >= 0.6 is 25.4 Å². The van der Waals surface area contributed by atoms with Gasteiger partial charge in [0, 0.05) is 0 Å². The molecule has 0 nitrogen and oxygen atoms in total. The van der Waals surface area contributed by atoms with E-state index in [0.717, 1.165) is 0 Å². The zero-order valence-corrected chi connectivity index (χ0v) is 24.4. The first kappa shape index (κ1) is 29.5. The maximum atomic E-state index is 4.49. The summed E-state index contributed by atoms with van der Waals surface area (Å²) < 4.78 is 0. The molecule has 0 spiro atoms. The number of hydrogen-bond acceptors (Lipinski definition) is 0. The molecule has 184 valence electrons. The summed E-state index contributed by atoms with van der Waals surface area (Å²) in [5.41, 5.74) is 0. The largest absolute Gasteiger partial charge is 0.0966 e. The first-order chi connectivity index (χ1) is 17.3. The molecule has 0 amide bonds. The zero-order chi connectivity index (χ0) is 25.1. The van der Waals surface area contributed by atoms with Crippen LogP contribution in [-0.2, 0) is 18.2 Å². The van der Waals surface area contributed by atoms with Gasteiger partial charge in [0.25, 0.3) is 0 Å². The summed E-state index contributed by atoms with van der Waals surface area (Å²) in [6, 6.07) is 44.6. The molecule has 0 saturated carbocycles. The van der Waals surface area contributed by atoms with Gasteiger partial charge in [-0.25, -0.2) is 19.6 Å². The van der Waals surface area contributed by atoms with Crippen molar-refractivity contribution in [3.05, 3.63) is 141 Å². The van der Waals surface area contributed by atoms with E-state index in [9.17, 15) is 0 Å². The van der Waals surface area contributed by atoms with Gasteiger partial charge in [0.1, 0.15) is 0 Å². The summed E-state index contributed by atoms with van der Waals surface area (Å²) in [5.74, 6) is 0. The Morgan fingerprint density at radius 3 is 0.943 bits per heavy atom. The van der Waals surface area contributed by atoms with Crippen LogP contribution in [-0.4, -0.2) is 12.3 Å². The number of halogens is 1. The summed E-state index contributed by atoms with van der Waals surface area (Å²) >= 11 is 2.22. The van der Waals surface area contributed by atoms with Crippen molar-refractivity contribution >= 4 is 46.6 Å². The molecular formula is C31H35ClP2Pd+2. The Morgan fingerprint density at radius 2 is 0.743 bits per heavy atom. The van der Waals surface area contributed by atoms with Crippen LogP contribution in [0, 0.1) is 6.92 Å². The first-order valence-electron chi connectivity index (χ1n) is 11.8. The number of unbranched alkanes of at least 4 members (excludes halogenated alkanes) is 1. The monoisotopic (exact) mass is 610 g/mol. The van der Waals surface area contributed by atoms with Crippen LogP contribution in [0.2, 0.25) is 0 Å². The summed E-state index contributed by atoms with van der Waals surface area (Å²) in [6.45, 7) is 6.50. The Hall–Kier alpha value is -1.70. The van der Waals surface area contributed by atoms with Gasteiger partial charge < -0.3 is 0 Å². The Labute approximate surface area is 229 Å². The quantitative estimate of drug-likeness (QED) is 0.0814. The standard InChI is InChI=1S/C28H28P2.C3H5.ClH.Pd/c1-5-15-25(16-6-1)29(26-17-7-2-8-18-26)23-13-14-24-30(27-19-9-3-10-20-27)28-21-11-4-12-22-28;1-3-2;;/h1-12,15-22H,13-14,23-24H2;3H,1-2H2;1H;/q;-1;;+2/p+1. The Kier molecular flexibility index (Phi) is 15.7. The van der Waals surface area contributed by atoms with Crippen molar-refractivity contribution in [3.63, 3.8) is 0 Å². The molecule has 0 aliphatic carbocycles. The van der Waals surface area contributed by atoms with Crippen LogP contribution in [0.25, 0.3) is 0 Å². The Morgan fingerprint density at radius 1 is 0.543 bits per heavy atom. The van der Waals surface area contributed by atoms with E-state index in [-0.39, 0.29) is 0 Å². The summed E-state index contributed by atoms with van der Waals surface area (Å²) in [5, 5.41) is 6.13. The average molecular weight is 611 g/mol. The molecule has 4 rings (SSSR count). The molecule has 35 heavy (non-hydrogen) atoms. The smallest absolute Gasteiger partial charge is 0.0620 e. The molecule has 0 aromatic heterocycles. The fraction of sp³-hybridized carbons (Fsp3) is 0.129. The number of benzene rings is 4. The van der Waals surface area contributed by atoms with E-state index >= 15 is 0 Å². The molecule has 0 heterocycles. The van der Waals surface area contributed by atoms with Gasteiger partial charge in [-0.3, -0.25) is 0 Å². The molecule has 0 aliphatic rings. The molecule has 0 saturated heterocycles. The molecular weight excluding hydrogens is 576 g/mol. The second-order valence-corrected chi connectivity index (χ2v) is 13.1. The number of rotatable bonds is 9. The normalized spacial score (nSPS) is 10.1. The van der Waals surface area contributed by atoms with E-state index in [4.69, 9.17) is 0 Å². The molecule has 0 fully saturated rings. The van der Waals surface area contributed by atoms with E-state index in [1.807, 2.05) is 0 Å². The van der Waals surface area contributed by atoms with Gasteiger partial charge in [0.05, 0.1) is 49.4 Å². The minimum absolute atomic E-state index is 0.714. The number of hydrogen-bond donors (Lipinski definition) is 0. The molecule has 4 aromatic carbocycles. The number of allylic oxidation sites excluding steroid dienone is 1. The van der Waals surface area contributed by atoms with Crippen molar-refractivity contribution in [3.8, 4) is 0 Å². The molecule has 0 bridgehead atoms. The van der Waals surface area contributed by atoms with Crippen molar-refractivity contribution in [2.75, 3.05) is 12.3 Å².